The topological polar surface area (TPSA) is 73.4 Å². The smallest absolute Gasteiger partial charge is 0.379 e. The molecule has 3 aromatic rings. The Hall–Kier alpha value is -2.93. The highest BCUT2D eigenvalue weighted by Gasteiger charge is 2.51. The first-order valence-electron chi connectivity index (χ1n) is 11.3. The van der Waals surface area contributed by atoms with Gasteiger partial charge in [-0.2, -0.15) is 4.98 Å². The molecule has 31 heavy (non-hydrogen) atoms. The highest BCUT2D eigenvalue weighted by Crippen LogP contribution is 2.57. The van der Waals surface area contributed by atoms with Gasteiger partial charge in [-0.3, -0.25) is 4.90 Å². The van der Waals surface area contributed by atoms with Crippen LogP contribution in [0.3, 0.4) is 0 Å². The molecule has 0 amide bonds. The molecular formula is C24H26N4O3. The van der Waals surface area contributed by atoms with Gasteiger partial charge in [-0.15, -0.1) is 0 Å². The van der Waals surface area contributed by atoms with Crippen molar-refractivity contribution in [1.29, 1.82) is 0 Å². The molecule has 1 fully saturated rings. The van der Waals surface area contributed by atoms with Crippen LogP contribution in [0.4, 0.5) is 0 Å². The van der Waals surface area contributed by atoms with Crippen molar-refractivity contribution < 1.29 is 14.1 Å². The number of carbonyl (C=O) groups is 1. The zero-order valence-electron chi connectivity index (χ0n) is 17.9. The summed E-state index contributed by atoms with van der Waals surface area (Å²) >= 11 is 0. The lowest BCUT2D eigenvalue weighted by Gasteiger charge is -2.53. The van der Waals surface area contributed by atoms with E-state index in [-0.39, 0.29) is 17.8 Å². The lowest BCUT2D eigenvalue weighted by Crippen LogP contribution is -2.50. The summed E-state index contributed by atoms with van der Waals surface area (Å²) in [5, 5.41) is 5.22. The van der Waals surface area contributed by atoms with Crippen molar-refractivity contribution in [3.63, 3.8) is 0 Å². The standard InChI is InChI=1S/C24H26N4O3/c1-3-24-11-7-12-27-13-10-16-15-8-5-6-9-17(15)28(19(16)20(24)27)18(14-24)22-25-21(26-31-22)23(29)30-4-2/h5-6,8-9,14,20H,3-4,7,10-13H2,1-2H3/t20-,24+/m1/s1. The Morgan fingerprint density at radius 1 is 1.29 bits per heavy atom. The molecule has 0 spiro atoms. The molecule has 0 aliphatic carbocycles. The molecule has 6 rings (SSSR count). The van der Waals surface area contributed by atoms with Crippen LogP contribution in [0.5, 0.6) is 0 Å². The van der Waals surface area contributed by atoms with Gasteiger partial charge in [0.25, 0.3) is 11.7 Å². The number of esters is 1. The van der Waals surface area contributed by atoms with Crippen molar-refractivity contribution in [2.24, 2.45) is 5.41 Å². The Balaban J connectivity index is 1.61. The lowest BCUT2D eigenvalue weighted by molar-refractivity contribution is 0.0269. The van der Waals surface area contributed by atoms with E-state index in [1.54, 1.807) is 6.92 Å². The highest BCUT2D eigenvalue weighted by molar-refractivity contribution is 5.92. The summed E-state index contributed by atoms with van der Waals surface area (Å²) in [6.45, 7) is 6.56. The molecule has 0 saturated carbocycles. The monoisotopic (exact) mass is 418 g/mol. The third kappa shape index (κ3) is 2.53. The minimum absolute atomic E-state index is 0.0195. The zero-order valence-corrected chi connectivity index (χ0v) is 17.9. The number of ether oxygens (including phenoxy) is 1. The van der Waals surface area contributed by atoms with Gasteiger partial charge in [0.05, 0.1) is 18.2 Å². The fourth-order valence-electron chi connectivity index (χ4n) is 6.04. The van der Waals surface area contributed by atoms with Gasteiger partial charge >= 0.3 is 5.97 Å². The van der Waals surface area contributed by atoms with Crippen molar-refractivity contribution >= 4 is 22.6 Å². The molecule has 1 saturated heterocycles. The molecule has 7 nitrogen and oxygen atoms in total. The van der Waals surface area contributed by atoms with Crippen LogP contribution >= 0.6 is 0 Å². The molecule has 3 aliphatic heterocycles. The Kier molecular flexibility index (Phi) is 4.12. The number of carbonyl (C=O) groups excluding carboxylic acids is 1. The zero-order chi connectivity index (χ0) is 21.2. The minimum Gasteiger partial charge on any atom is -0.460 e. The maximum Gasteiger partial charge on any atom is 0.379 e. The Morgan fingerprint density at radius 2 is 2.16 bits per heavy atom. The van der Waals surface area contributed by atoms with Crippen LogP contribution in [0.15, 0.2) is 34.9 Å². The molecule has 0 unspecified atom stereocenters. The number of fused-ring (bicyclic) bond motifs is 3. The summed E-state index contributed by atoms with van der Waals surface area (Å²) in [6, 6.07) is 8.93. The third-order valence-electron chi connectivity index (χ3n) is 7.35. The molecule has 7 heteroatoms. The second-order valence-electron chi connectivity index (χ2n) is 8.77. The fourth-order valence-corrected chi connectivity index (χ4v) is 6.04. The second-order valence-corrected chi connectivity index (χ2v) is 8.77. The molecule has 160 valence electrons. The Labute approximate surface area is 180 Å². The van der Waals surface area contributed by atoms with E-state index in [0.717, 1.165) is 43.6 Å². The summed E-state index contributed by atoms with van der Waals surface area (Å²) in [5.41, 5.74) is 4.87. The van der Waals surface area contributed by atoms with E-state index in [1.165, 1.54) is 23.1 Å². The van der Waals surface area contributed by atoms with Gasteiger partial charge in [0, 0.05) is 23.0 Å². The van der Waals surface area contributed by atoms with Crippen LogP contribution in [-0.4, -0.2) is 45.3 Å². The van der Waals surface area contributed by atoms with Gasteiger partial charge in [0.15, 0.2) is 0 Å². The average Bonchev–Trinajstić information content (AvgIpc) is 3.42. The van der Waals surface area contributed by atoms with E-state index in [0.29, 0.717) is 11.9 Å². The number of benzene rings is 1. The van der Waals surface area contributed by atoms with Gasteiger partial charge in [-0.1, -0.05) is 25.1 Å². The van der Waals surface area contributed by atoms with Crippen LogP contribution in [-0.2, 0) is 11.2 Å². The molecular weight excluding hydrogens is 392 g/mol. The molecule has 0 radical (unpaired) electrons. The number of aromatic nitrogens is 3. The van der Waals surface area contributed by atoms with Crippen molar-refractivity contribution in [3.05, 3.63) is 53.3 Å². The van der Waals surface area contributed by atoms with E-state index >= 15 is 0 Å². The molecule has 2 aromatic heterocycles. The van der Waals surface area contributed by atoms with E-state index in [9.17, 15) is 4.79 Å². The number of nitrogens with zero attached hydrogens (tertiary/aromatic N) is 4. The Morgan fingerprint density at radius 3 is 3.00 bits per heavy atom. The third-order valence-corrected chi connectivity index (χ3v) is 7.35. The van der Waals surface area contributed by atoms with Crippen molar-refractivity contribution in [3.8, 4) is 0 Å². The van der Waals surface area contributed by atoms with E-state index in [1.807, 2.05) is 0 Å². The molecule has 0 N–H and O–H groups in total. The first-order chi connectivity index (χ1) is 15.2. The maximum absolute atomic E-state index is 12.2. The van der Waals surface area contributed by atoms with Crippen molar-refractivity contribution in [2.45, 2.75) is 45.6 Å². The van der Waals surface area contributed by atoms with Gasteiger partial charge in [0.1, 0.15) is 5.70 Å². The first-order valence-corrected chi connectivity index (χ1v) is 11.3. The summed E-state index contributed by atoms with van der Waals surface area (Å²) in [5.74, 6) is -0.207. The number of para-hydroxylation sites is 1. The number of piperidine rings is 1. The van der Waals surface area contributed by atoms with E-state index in [2.05, 4.69) is 56.9 Å². The van der Waals surface area contributed by atoms with Crippen molar-refractivity contribution in [1.82, 2.24) is 19.6 Å². The van der Waals surface area contributed by atoms with Crippen molar-refractivity contribution in [2.75, 3.05) is 19.7 Å². The summed E-state index contributed by atoms with van der Waals surface area (Å²) in [6.07, 6.45) is 6.75. The predicted molar refractivity (Wildman–Crippen MR) is 116 cm³/mol. The normalized spacial score (nSPS) is 24.7. The lowest BCUT2D eigenvalue weighted by atomic mass is 9.66. The summed E-state index contributed by atoms with van der Waals surface area (Å²) < 4.78 is 13.0. The van der Waals surface area contributed by atoms with E-state index < -0.39 is 5.97 Å². The second kappa shape index (κ2) is 6.79. The van der Waals surface area contributed by atoms with Crippen LogP contribution in [0.25, 0.3) is 16.6 Å². The Bertz CT molecular complexity index is 1220. The quantitative estimate of drug-likeness (QED) is 0.592. The van der Waals surface area contributed by atoms with Gasteiger partial charge in [-0.25, -0.2) is 4.79 Å². The van der Waals surface area contributed by atoms with Gasteiger partial charge in [-0.05, 0) is 62.0 Å². The first kappa shape index (κ1) is 18.8. The fraction of sp³-hybridized carbons (Fsp3) is 0.458. The number of hydrogen-bond donors (Lipinski definition) is 0. The molecule has 1 aromatic carbocycles. The predicted octanol–water partition coefficient (Wildman–Crippen LogP) is 4.19. The molecule has 2 atom stereocenters. The average molecular weight is 418 g/mol. The van der Waals surface area contributed by atoms with Crippen LogP contribution in [0.1, 0.15) is 66.9 Å². The molecule has 0 bridgehead atoms. The maximum atomic E-state index is 12.2. The minimum atomic E-state index is -0.555. The van der Waals surface area contributed by atoms with Gasteiger partial charge in [0.2, 0.25) is 0 Å². The van der Waals surface area contributed by atoms with Crippen LogP contribution < -0.4 is 0 Å². The molecule has 3 aliphatic rings. The summed E-state index contributed by atoms with van der Waals surface area (Å²) in [7, 11) is 0. The number of rotatable bonds is 4. The molecule has 5 heterocycles. The number of hydrogen-bond acceptors (Lipinski definition) is 6. The summed E-state index contributed by atoms with van der Waals surface area (Å²) in [4.78, 5) is 19.3. The van der Waals surface area contributed by atoms with E-state index in [4.69, 9.17) is 9.26 Å². The van der Waals surface area contributed by atoms with Crippen LogP contribution in [0, 0.1) is 5.41 Å². The SMILES string of the molecule is CCOC(=O)c1noc(C2=C[C@]3(CC)CCCN4CCc5c(n2c2ccccc52)[C@@H]43)n1. The van der Waals surface area contributed by atoms with Gasteiger partial charge < -0.3 is 13.8 Å². The highest BCUT2D eigenvalue weighted by atomic mass is 16.5. The largest absolute Gasteiger partial charge is 0.460 e. The van der Waals surface area contributed by atoms with Crippen LogP contribution in [0.2, 0.25) is 0 Å².